The number of hydrogen-bond acceptors (Lipinski definition) is 4. The minimum absolute atomic E-state index is 0.149. The van der Waals surface area contributed by atoms with Crippen LogP contribution < -0.4 is 0 Å². The molecule has 0 fully saturated rings. The molecule has 1 atom stereocenters. The van der Waals surface area contributed by atoms with Crippen molar-refractivity contribution in [1.82, 2.24) is 4.98 Å². The van der Waals surface area contributed by atoms with Gasteiger partial charge in [0.05, 0.1) is 12.1 Å². The van der Waals surface area contributed by atoms with Crippen molar-refractivity contribution >= 4 is 21.4 Å². The summed E-state index contributed by atoms with van der Waals surface area (Å²) in [5.41, 5.74) is 0. The number of rotatable bonds is 3. The van der Waals surface area contributed by atoms with Gasteiger partial charge in [0.2, 0.25) is 5.89 Å². The third-order valence-corrected chi connectivity index (χ3v) is 3.47. The molecule has 1 aromatic rings. The highest BCUT2D eigenvalue weighted by Crippen LogP contribution is 2.21. The van der Waals surface area contributed by atoms with E-state index in [4.69, 9.17) is 16.0 Å². The van der Waals surface area contributed by atoms with E-state index in [0.29, 0.717) is 11.7 Å². The fourth-order valence-corrected chi connectivity index (χ4v) is 1.44. The molecule has 0 saturated carbocycles. The smallest absolute Gasteiger partial charge is 0.209 e. The lowest BCUT2D eigenvalue weighted by Gasteiger charge is -2.03. The molecule has 1 aromatic heterocycles. The topological polar surface area (TPSA) is 60.2 Å². The van der Waals surface area contributed by atoms with Gasteiger partial charge in [-0.25, -0.2) is 13.4 Å². The van der Waals surface area contributed by atoms with Crippen LogP contribution in [0.1, 0.15) is 23.8 Å². The Bertz CT molecular complexity index is 384. The molecule has 0 amide bonds. The lowest BCUT2D eigenvalue weighted by Crippen LogP contribution is -2.06. The molecule has 74 valence electrons. The van der Waals surface area contributed by atoms with Gasteiger partial charge in [-0.3, -0.25) is 0 Å². The Morgan fingerprint density at radius 2 is 2.31 bits per heavy atom. The van der Waals surface area contributed by atoms with Gasteiger partial charge in [0, 0.05) is 6.26 Å². The summed E-state index contributed by atoms with van der Waals surface area (Å²) in [6, 6.07) is 0. The van der Waals surface area contributed by atoms with E-state index in [1.54, 1.807) is 6.92 Å². The fraction of sp³-hybridized carbons (Fsp3) is 0.571. The summed E-state index contributed by atoms with van der Waals surface area (Å²) >= 11 is 5.45. The van der Waals surface area contributed by atoms with Crippen LogP contribution in [0.2, 0.25) is 0 Å². The Labute approximate surface area is 81.8 Å². The van der Waals surface area contributed by atoms with Crippen LogP contribution in [0.5, 0.6) is 0 Å². The SMILES string of the molecule is CC(c1cnc(CCl)o1)S(C)(=O)=O. The third-order valence-electron chi connectivity index (χ3n) is 1.73. The zero-order chi connectivity index (χ0) is 10.1. The van der Waals surface area contributed by atoms with Crippen LogP contribution in [0.25, 0.3) is 0 Å². The van der Waals surface area contributed by atoms with Gasteiger partial charge in [-0.15, -0.1) is 11.6 Å². The Morgan fingerprint density at radius 3 is 2.69 bits per heavy atom. The molecule has 13 heavy (non-hydrogen) atoms. The normalized spacial score (nSPS) is 14.4. The molecular weight excluding hydrogens is 214 g/mol. The van der Waals surface area contributed by atoms with Crippen LogP contribution >= 0.6 is 11.6 Å². The zero-order valence-electron chi connectivity index (χ0n) is 7.32. The van der Waals surface area contributed by atoms with Crippen LogP contribution in [0.4, 0.5) is 0 Å². The summed E-state index contributed by atoms with van der Waals surface area (Å²) in [4.78, 5) is 3.81. The minimum atomic E-state index is -3.13. The lowest BCUT2D eigenvalue weighted by atomic mass is 10.4. The molecule has 0 spiro atoms. The van der Waals surface area contributed by atoms with Crippen LogP contribution in [-0.4, -0.2) is 19.7 Å². The highest BCUT2D eigenvalue weighted by atomic mass is 35.5. The predicted octanol–water partition coefficient (Wildman–Crippen LogP) is 1.52. The zero-order valence-corrected chi connectivity index (χ0v) is 8.89. The molecule has 0 bridgehead atoms. The number of nitrogens with zero attached hydrogens (tertiary/aromatic N) is 1. The molecule has 0 aliphatic heterocycles. The van der Waals surface area contributed by atoms with Crippen molar-refractivity contribution in [2.24, 2.45) is 0 Å². The first kappa shape index (κ1) is 10.5. The molecule has 1 heterocycles. The van der Waals surface area contributed by atoms with E-state index in [2.05, 4.69) is 4.98 Å². The van der Waals surface area contributed by atoms with Crippen LogP contribution in [0.3, 0.4) is 0 Å². The summed E-state index contributed by atoms with van der Waals surface area (Å²) in [6.45, 7) is 1.55. The molecule has 1 rings (SSSR count). The quantitative estimate of drug-likeness (QED) is 0.729. The molecule has 0 aliphatic rings. The second kappa shape index (κ2) is 3.67. The number of alkyl halides is 1. The van der Waals surface area contributed by atoms with E-state index in [9.17, 15) is 8.42 Å². The van der Waals surface area contributed by atoms with Gasteiger partial charge in [-0.2, -0.15) is 0 Å². The van der Waals surface area contributed by atoms with Crippen molar-refractivity contribution in [3.63, 3.8) is 0 Å². The van der Waals surface area contributed by atoms with Crippen molar-refractivity contribution in [3.05, 3.63) is 17.8 Å². The van der Waals surface area contributed by atoms with E-state index in [-0.39, 0.29) is 5.88 Å². The Balaban J connectivity index is 2.96. The standard InChI is InChI=1S/C7H10ClNO3S/c1-5(13(2,10)11)6-4-9-7(3-8)12-6/h4-5H,3H2,1-2H3. The summed E-state index contributed by atoms with van der Waals surface area (Å²) < 4.78 is 27.3. The monoisotopic (exact) mass is 223 g/mol. The van der Waals surface area contributed by atoms with Gasteiger partial charge in [0.1, 0.15) is 11.0 Å². The van der Waals surface area contributed by atoms with E-state index in [1.807, 2.05) is 0 Å². The maximum absolute atomic E-state index is 11.1. The van der Waals surface area contributed by atoms with E-state index < -0.39 is 15.1 Å². The Kier molecular flexibility index (Phi) is 2.98. The molecule has 0 radical (unpaired) electrons. The largest absolute Gasteiger partial charge is 0.443 e. The molecule has 0 saturated heterocycles. The van der Waals surface area contributed by atoms with Gasteiger partial charge in [-0.05, 0) is 6.92 Å². The molecule has 0 aliphatic carbocycles. The van der Waals surface area contributed by atoms with E-state index in [1.165, 1.54) is 6.20 Å². The molecule has 0 aromatic carbocycles. The van der Waals surface area contributed by atoms with Crippen molar-refractivity contribution in [1.29, 1.82) is 0 Å². The second-order valence-corrected chi connectivity index (χ2v) is 5.40. The van der Waals surface area contributed by atoms with Gasteiger partial charge in [-0.1, -0.05) is 0 Å². The molecular formula is C7H10ClNO3S. The predicted molar refractivity (Wildman–Crippen MR) is 49.3 cm³/mol. The number of aromatic nitrogens is 1. The van der Waals surface area contributed by atoms with Gasteiger partial charge in [0.15, 0.2) is 9.84 Å². The summed E-state index contributed by atoms with van der Waals surface area (Å²) in [5, 5.41) is -0.669. The van der Waals surface area contributed by atoms with Crippen molar-refractivity contribution in [3.8, 4) is 0 Å². The number of halogens is 1. The molecule has 4 nitrogen and oxygen atoms in total. The van der Waals surface area contributed by atoms with Gasteiger partial charge in [0.25, 0.3) is 0 Å². The van der Waals surface area contributed by atoms with Crippen molar-refractivity contribution < 1.29 is 12.8 Å². The molecule has 6 heteroatoms. The maximum Gasteiger partial charge on any atom is 0.209 e. The van der Waals surface area contributed by atoms with Crippen molar-refractivity contribution in [2.75, 3.05) is 6.26 Å². The third kappa shape index (κ3) is 2.45. The fourth-order valence-electron chi connectivity index (χ4n) is 0.785. The molecule has 1 unspecified atom stereocenters. The number of sulfone groups is 1. The number of oxazole rings is 1. The van der Waals surface area contributed by atoms with Gasteiger partial charge < -0.3 is 4.42 Å². The van der Waals surface area contributed by atoms with E-state index in [0.717, 1.165) is 6.26 Å². The average Bonchev–Trinajstić information content (AvgIpc) is 2.48. The summed E-state index contributed by atoms with van der Waals surface area (Å²) in [5.74, 6) is 0.821. The Morgan fingerprint density at radius 1 is 1.69 bits per heavy atom. The van der Waals surface area contributed by atoms with Gasteiger partial charge >= 0.3 is 0 Å². The first-order chi connectivity index (χ1) is 5.95. The maximum atomic E-state index is 11.1. The van der Waals surface area contributed by atoms with Crippen LogP contribution in [0.15, 0.2) is 10.6 Å². The first-order valence-electron chi connectivity index (χ1n) is 3.64. The van der Waals surface area contributed by atoms with Crippen molar-refractivity contribution in [2.45, 2.75) is 18.1 Å². The lowest BCUT2D eigenvalue weighted by molar-refractivity contribution is 0.465. The summed E-state index contributed by atoms with van der Waals surface area (Å²) in [7, 11) is -3.13. The Hall–Kier alpha value is -0.550. The van der Waals surface area contributed by atoms with E-state index >= 15 is 0 Å². The van der Waals surface area contributed by atoms with Crippen LogP contribution in [0, 0.1) is 0 Å². The summed E-state index contributed by atoms with van der Waals surface area (Å²) in [6.07, 6.45) is 2.55. The average molecular weight is 224 g/mol. The number of hydrogen-bond donors (Lipinski definition) is 0. The first-order valence-corrected chi connectivity index (χ1v) is 6.13. The highest BCUT2D eigenvalue weighted by Gasteiger charge is 2.21. The highest BCUT2D eigenvalue weighted by molar-refractivity contribution is 7.90. The molecule has 0 N–H and O–H groups in total. The minimum Gasteiger partial charge on any atom is -0.443 e. The second-order valence-electron chi connectivity index (χ2n) is 2.76. The van der Waals surface area contributed by atoms with Crippen LogP contribution in [-0.2, 0) is 15.7 Å².